The molecule has 0 unspecified atom stereocenters. The van der Waals surface area contributed by atoms with E-state index >= 15 is 0 Å². The summed E-state index contributed by atoms with van der Waals surface area (Å²) in [6.07, 6.45) is 4.15. The van der Waals surface area contributed by atoms with Crippen molar-refractivity contribution in [3.8, 4) is 0 Å². The molecule has 4 aromatic rings. The standard InChI is InChI=1S/C36H37BrClN3O4S/c1-26-8-7-13-32(22-26)41(46(44,45)33-20-18-30(38)19-21-33)25-35(42)40(24-28-14-16-29(37)17-15-28)34(23-27-9-3-2-4-10-27)36(43)39-31-11-5-6-12-31/h2-4,7-10,13-22,31,34H,5-6,11-12,23-25H2,1H3,(H,39,43)/t34-/m1/s1. The van der Waals surface area contributed by atoms with E-state index in [1.807, 2.05) is 67.6 Å². The maximum Gasteiger partial charge on any atom is 0.264 e. The Bertz CT molecular complexity index is 1750. The summed E-state index contributed by atoms with van der Waals surface area (Å²) in [4.78, 5) is 30.2. The van der Waals surface area contributed by atoms with Crippen LogP contribution in [0.2, 0.25) is 5.02 Å². The number of amides is 2. The highest BCUT2D eigenvalue weighted by atomic mass is 79.9. The summed E-state index contributed by atoms with van der Waals surface area (Å²) in [5.41, 5.74) is 2.89. The fourth-order valence-corrected chi connectivity index (χ4v) is 7.55. The van der Waals surface area contributed by atoms with Gasteiger partial charge in [-0.3, -0.25) is 13.9 Å². The van der Waals surface area contributed by atoms with Gasteiger partial charge in [-0.05, 0) is 85.0 Å². The predicted molar refractivity (Wildman–Crippen MR) is 186 cm³/mol. The van der Waals surface area contributed by atoms with E-state index in [-0.39, 0.29) is 29.8 Å². The van der Waals surface area contributed by atoms with Gasteiger partial charge in [-0.25, -0.2) is 8.42 Å². The van der Waals surface area contributed by atoms with Crippen LogP contribution in [0.25, 0.3) is 0 Å². The average molecular weight is 723 g/mol. The molecule has 1 atom stereocenters. The Kier molecular flexibility index (Phi) is 11.2. The van der Waals surface area contributed by atoms with Crippen molar-refractivity contribution in [2.45, 2.75) is 62.6 Å². The SMILES string of the molecule is Cc1cccc(N(CC(=O)N(Cc2ccc(Br)cc2)[C@H](Cc2ccccc2)C(=O)NC2CCCC2)S(=O)(=O)c2ccc(Cl)cc2)c1. The Hall–Kier alpha value is -3.66. The van der Waals surface area contributed by atoms with Crippen molar-refractivity contribution < 1.29 is 18.0 Å². The number of nitrogens with one attached hydrogen (secondary N) is 1. The zero-order valence-electron chi connectivity index (χ0n) is 25.6. The van der Waals surface area contributed by atoms with Crippen LogP contribution in [-0.4, -0.2) is 43.8 Å². The lowest BCUT2D eigenvalue weighted by Gasteiger charge is -2.34. The Morgan fingerprint density at radius 2 is 1.57 bits per heavy atom. The molecule has 0 bridgehead atoms. The third-order valence-corrected chi connectivity index (χ3v) is 10.8. The Morgan fingerprint density at radius 1 is 0.891 bits per heavy atom. The normalized spacial score (nSPS) is 14.1. The van der Waals surface area contributed by atoms with Gasteiger partial charge in [0, 0.05) is 28.5 Å². The van der Waals surface area contributed by atoms with E-state index in [0.717, 1.165) is 51.2 Å². The molecule has 0 saturated heterocycles. The summed E-state index contributed by atoms with van der Waals surface area (Å²) in [5.74, 6) is -0.742. The Balaban J connectivity index is 1.56. The van der Waals surface area contributed by atoms with Crippen molar-refractivity contribution in [1.29, 1.82) is 0 Å². The highest BCUT2D eigenvalue weighted by molar-refractivity contribution is 9.10. The van der Waals surface area contributed by atoms with Gasteiger partial charge in [-0.15, -0.1) is 0 Å². The number of rotatable bonds is 12. The molecule has 1 saturated carbocycles. The van der Waals surface area contributed by atoms with Crippen molar-refractivity contribution in [3.63, 3.8) is 0 Å². The van der Waals surface area contributed by atoms with Crippen LogP contribution in [0.5, 0.6) is 0 Å². The van der Waals surface area contributed by atoms with Gasteiger partial charge >= 0.3 is 0 Å². The molecule has 5 rings (SSSR count). The fraction of sp³-hybridized carbons (Fsp3) is 0.278. The fourth-order valence-electron chi connectivity index (χ4n) is 5.75. The third kappa shape index (κ3) is 8.57. The minimum absolute atomic E-state index is 0.00507. The van der Waals surface area contributed by atoms with Crippen molar-refractivity contribution in [1.82, 2.24) is 10.2 Å². The molecule has 46 heavy (non-hydrogen) atoms. The van der Waals surface area contributed by atoms with Crippen LogP contribution >= 0.6 is 27.5 Å². The maximum absolute atomic E-state index is 14.6. The molecule has 240 valence electrons. The summed E-state index contributed by atoms with van der Waals surface area (Å²) in [5, 5.41) is 3.60. The van der Waals surface area contributed by atoms with Crippen LogP contribution in [0.15, 0.2) is 112 Å². The summed E-state index contributed by atoms with van der Waals surface area (Å²) in [7, 11) is -4.20. The maximum atomic E-state index is 14.6. The van der Waals surface area contributed by atoms with Gasteiger partial charge in [0.15, 0.2) is 0 Å². The number of anilines is 1. The molecule has 0 aromatic heterocycles. The molecule has 0 aliphatic heterocycles. The number of halogens is 2. The second kappa shape index (κ2) is 15.3. The first kappa shape index (κ1) is 33.7. The van der Waals surface area contributed by atoms with Crippen LogP contribution in [0, 0.1) is 6.92 Å². The molecule has 1 aliphatic rings. The summed E-state index contributed by atoms with van der Waals surface area (Å²) < 4.78 is 30.3. The lowest BCUT2D eigenvalue weighted by atomic mass is 10.0. The van der Waals surface area contributed by atoms with Crippen LogP contribution in [0.4, 0.5) is 5.69 Å². The van der Waals surface area contributed by atoms with Crippen molar-refractivity contribution in [3.05, 3.63) is 129 Å². The summed E-state index contributed by atoms with van der Waals surface area (Å²) in [6.45, 7) is 1.47. The van der Waals surface area contributed by atoms with Crippen molar-refractivity contribution >= 4 is 55.1 Å². The van der Waals surface area contributed by atoms with Gasteiger partial charge in [0.2, 0.25) is 11.8 Å². The van der Waals surface area contributed by atoms with Gasteiger partial charge in [0.1, 0.15) is 12.6 Å². The molecule has 0 heterocycles. The van der Waals surface area contributed by atoms with Crippen LogP contribution in [-0.2, 0) is 32.6 Å². The van der Waals surface area contributed by atoms with Crippen LogP contribution in [0.1, 0.15) is 42.4 Å². The number of benzene rings is 4. The summed E-state index contributed by atoms with van der Waals surface area (Å²) in [6, 6.07) is 29.2. The topological polar surface area (TPSA) is 86.8 Å². The molecule has 1 aliphatic carbocycles. The number of carbonyl (C=O) groups is 2. The first-order chi connectivity index (χ1) is 22.1. The molecule has 7 nitrogen and oxygen atoms in total. The van der Waals surface area contributed by atoms with Gasteiger partial charge in [0.05, 0.1) is 10.6 Å². The van der Waals surface area contributed by atoms with Crippen molar-refractivity contribution in [2.75, 3.05) is 10.8 Å². The van der Waals surface area contributed by atoms with E-state index in [4.69, 9.17) is 11.6 Å². The first-order valence-electron chi connectivity index (χ1n) is 15.3. The van der Waals surface area contributed by atoms with Crippen LogP contribution in [0.3, 0.4) is 0 Å². The second-order valence-electron chi connectivity index (χ2n) is 11.6. The lowest BCUT2D eigenvalue weighted by molar-refractivity contribution is -0.140. The number of hydrogen-bond donors (Lipinski definition) is 1. The van der Waals surface area contributed by atoms with Gasteiger partial charge in [-0.2, -0.15) is 0 Å². The predicted octanol–water partition coefficient (Wildman–Crippen LogP) is 7.31. The monoisotopic (exact) mass is 721 g/mol. The third-order valence-electron chi connectivity index (χ3n) is 8.21. The van der Waals surface area contributed by atoms with Gasteiger partial charge in [0.25, 0.3) is 10.0 Å². The highest BCUT2D eigenvalue weighted by Gasteiger charge is 2.35. The van der Waals surface area contributed by atoms with E-state index in [9.17, 15) is 18.0 Å². The van der Waals surface area contributed by atoms with E-state index in [2.05, 4.69) is 21.2 Å². The second-order valence-corrected chi connectivity index (χ2v) is 14.9. The number of carbonyl (C=O) groups excluding carboxylic acids is 2. The number of sulfonamides is 1. The molecule has 1 fully saturated rings. The van der Waals surface area contributed by atoms with Crippen molar-refractivity contribution in [2.24, 2.45) is 0 Å². The minimum Gasteiger partial charge on any atom is -0.352 e. The molecule has 4 aromatic carbocycles. The molecule has 10 heteroatoms. The number of aryl methyl sites for hydroxylation is 1. The molecular weight excluding hydrogens is 686 g/mol. The lowest BCUT2D eigenvalue weighted by Crippen LogP contribution is -2.54. The number of nitrogens with zero attached hydrogens (tertiary/aromatic N) is 2. The first-order valence-corrected chi connectivity index (χ1v) is 17.9. The largest absolute Gasteiger partial charge is 0.352 e. The number of hydrogen-bond acceptors (Lipinski definition) is 4. The zero-order chi connectivity index (χ0) is 32.7. The van der Waals surface area contributed by atoms with E-state index in [1.54, 1.807) is 18.2 Å². The minimum atomic E-state index is -4.20. The van der Waals surface area contributed by atoms with E-state index in [0.29, 0.717) is 10.7 Å². The van der Waals surface area contributed by atoms with Gasteiger partial charge < -0.3 is 10.2 Å². The zero-order valence-corrected chi connectivity index (χ0v) is 28.8. The Labute approximate surface area is 284 Å². The van der Waals surface area contributed by atoms with E-state index in [1.165, 1.54) is 29.2 Å². The molecule has 2 amide bonds. The molecule has 0 radical (unpaired) electrons. The average Bonchev–Trinajstić information content (AvgIpc) is 3.56. The Morgan fingerprint density at radius 3 is 2.22 bits per heavy atom. The molecule has 1 N–H and O–H groups in total. The molecule has 0 spiro atoms. The highest BCUT2D eigenvalue weighted by Crippen LogP contribution is 2.27. The quantitative estimate of drug-likeness (QED) is 0.166. The smallest absolute Gasteiger partial charge is 0.264 e. The van der Waals surface area contributed by atoms with E-state index < -0.39 is 28.5 Å². The molecular formula is C36H37BrClN3O4S. The van der Waals surface area contributed by atoms with Gasteiger partial charge in [-0.1, -0.05) is 95.0 Å². The van der Waals surface area contributed by atoms with Crippen LogP contribution < -0.4 is 9.62 Å². The summed E-state index contributed by atoms with van der Waals surface area (Å²) >= 11 is 9.55.